The van der Waals surface area contributed by atoms with Gasteiger partial charge >= 0.3 is 0 Å². The second-order valence-electron chi connectivity index (χ2n) is 7.08. The first-order chi connectivity index (χ1) is 13.6. The highest BCUT2D eigenvalue weighted by molar-refractivity contribution is 6.30. The van der Waals surface area contributed by atoms with E-state index in [9.17, 15) is 4.79 Å². The summed E-state index contributed by atoms with van der Waals surface area (Å²) >= 11 is 6.10. The molecule has 1 atom stereocenters. The van der Waals surface area contributed by atoms with Crippen LogP contribution in [-0.4, -0.2) is 49.8 Å². The Balaban J connectivity index is 1.27. The molecule has 7 heteroatoms. The number of anilines is 1. The molecule has 28 heavy (non-hydrogen) atoms. The fourth-order valence-corrected chi connectivity index (χ4v) is 3.78. The maximum Gasteiger partial charge on any atom is 0.237 e. The maximum absolute atomic E-state index is 12.6. The van der Waals surface area contributed by atoms with Gasteiger partial charge < -0.3 is 19.7 Å². The van der Waals surface area contributed by atoms with Crippen molar-refractivity contribution in [2.45, 2.75) is 19.5 Å². The number of fused-ring (bicyclic) bond motifs is 1. The van der Waals surface area contributed by atoms with Crippen LogP contribution in [0.1, 0.15) is 12.5 Å². The molecule has 4 rings (SSSR count). The van der Waals surface area contributed by atoms with Gasteiger partial charge in [0.1, 0.15) is 0 Å². The van der Waals surface area contributed by atoms with Gasteiger partial charge in [0.25, 0.3) is 0 Å². The first-order valence-corrected chi connectivity index (χ1v) is 9.89. The third kappa shape index (κ3) is 4.18. The summed E-state index contributed by atoms with van der Waals surface area (Å²) in [5.74, 6) is 1.52. The first-order valence-electron chi connectivity index (χ1n) is 9.51. The van der Waals surface area contributed by atoms with Crippen molar-refractivity contribution in [2.75, 3.05) is 37.9 Å². The molecular weight excluding hydrogens is 378 g/mol. The van der Waals surface area contributed by atoms with E-state index in [0.717, 1.165) is 54.0 Å². The van der Waals surface area contributed by atoms with E-state index >= 15 is 0 Å². The van der Waals surface area contributed by atoms with Gasteiger partial charge in [-0.2, -0.15) is 0 Å². The Morgan fingerprint density at radius 1 is 1.11 bits per heavy atom. The fourth-order valence-electron chi connectivity index (χ4n) is 3.59. The number of carbonyl (C=O) groups excluding carboxylic acids is 1. The number of hydrogen-bond acceptors (Lipinski definition) is 5. The average Bonchev–Trinajstić information content (AvgIpc) is 3.19. The maximum atomic E-state index is 12.6. The van der Waals surface area contributed by atoms with Gasteiger partial charge in [-0.15, -0.1) is 0 Å². The van der Waals surface area contributed by atoms with Crippen LogP contribution in [-0.2, 0) is 11.3 Å². The van der Waals surface area contributed by atoms with Gasteiger partial charge in [0.15, 0.2) is 11.5 Å². The van der Waals surface area contributed by atoms with Crippen molar-refractivity contribution < 1.29 is 14.3 Å². The number of nitrogens with zero attached hydrogens (tertiary/aromatic N) is 2. The van der Waals surface area contributed by atoms with Crippen LogP contribution in [0.5, 0.6) is 11.5 Å². The zero-order valence-electron chi connectivity index (χ0n) is 15.9. The third-order valence-corrected chi connectivity index (χ3v) is 5.55. The molecule has 2 aliphatic rings. The second-order valence-corrected chi connectivity index (χ2v) is 7.52. The Kier molecular flexibility index (Phi) is 5.59. The summed E-state index contributed by atoms with van der Waals surface area (Å²) in [6.45, 7) is 6.12. The Morgan fingerprint density at radius 2 is 1.89 bits per heavy atom. The lowest BCUT2D eigenvalue weighted by molar-refractivity contribution is -0.126. The molecule has 148 valence electrons. The summed E-state index contributed by atoms with van der Waals surface area (Å²) in [5.41, 5.74) is 2.13. The third-order valence-electron chi connectivity index (χ3n) is 5.32. The molecule has 0 aliphatic carbocycles. The van der Waals surface area contributed by atoms with Crippen LogP contribution in [0, 0.1) is 0 Å². The number of ether oxygens (including phenoxy) is 2. The highest BCUT2D eigenvalue weighted by Crippen LogP contribution is 2.32. The Labute approximate surface area is 170 Å². The van der Waals surface area contributed by atoms with E-state index < -0.39 is 0 Å². The van der Waals surface area contributed by atoms with Crippen LogP contribution >= 0.6 is 11.6 Å². The number of piperazine rings is 1. The normalized spacial score (nSPS) is 17.4. The second kappa shape index (κ2) is 8.29. The van der Waals surface area contributed by atoms with Crippen molar-refractivity contribution in [1.29, 1.82) is 0 Å². The van der Waals surface area contributed by atoms with E-state index in [1.165, 1.54) is 0 Å². The van der Waals surface area contributed by atoms with E-state index in [0.29, 0.717) is 6.54 Å². The highest BCUT2D eigenvalue weighted by Gasteiger charge is 2.25. The SMILES string of the molecule is C[C@@H](C(=O)NCc1ccc2c(c1)OCO2)N1CCN(c2cccc(Cl)c2)CC1. The predicted octanol–water partition coefficient (Wildman–Crippen LogP) is 2.90. The molecule has 2 heterocycles. The van der Waals surface area contributed by atoms with Gasteiger partial charge in [-0.3, -0.25) is 9.69 Å². The number of halogens is 1. The van der Waals surface area contributed by atoms with E-state index in [2.05, 4.69) is 21.2 Å². The van der Waals surface area contributed by atoms with Gasteiger partial charge in [-0.1, -0.05) is 23.7 Å². The van der Waals surface area contributed by atoms with Gasteiger partial charge in [0.2, 0.25) is 12.7 Å². The van der Waals surface area contributed by atoms with Crippen molar-refractivity contribution in [3.05, 3.63) is 53.1 Å². The molecule has 0 unspecified atom stereocenters. The molecule has 6 nitrogen and oxygen atoms in total. The van der Waals surface area contributed by atoms with Crippen LogP contribution in [0.15, 0.2) is 42.5 Å². The van der Waals surface area contributed by atoms with Crippen LogP contribution in [0.3, 0.4) is 0 Å². The molecule has 0 radical (unpaired) electrons. The molecule has 2 aliphatic heterocycles. The summed E-state index contributed by atoms with van der Waals surface area (Å²) in [4.78, 5) is 17.1. The molecule has 1 amide bonds. The number of amides is 1. The topological polar surface area (TPSA) is 54.0 Å². The number of rotatable bonds is 5. The minimum absolute atomic E-state index is 0.0360. The number of hydrogen-bond donors (Lipinski definition) is 1. The summed E-state index contributed by atoms with van der Waals surface area (Å²) in [6, 6.07) is 13.5. The molecule has 1 fully saturated rings. The lowest BCUT2D eigenvalue weighted by Gasteiger charge is -2.38. The van der Waals surface area contributed by atoms with Crippen LogP contribution in [0.4, 0.5) is 5.69 Å². The zero-order valence-corrected chi connectivity index (χ0v) is 16.6. The van der Waals surface area contributed by atoms with Crippen molar-refractivity contribution in [1.82, 2.24) is 10.2 Å². The van der Waals surface area contributed by atoms with Gasteiger partial charge in [0.05, 0.1) is 6.04 Å². The predicted molar refractivity (Wildman–Crippen MR) is 109 cm³/mol. The van der Waals surface area contributed by atoms with E-state index in [-0.39, 0.29) is 18.7 Å². The molecule has 0 bridgehead atoms. The molecule has 0 saturated carbocycles. The lowest BCUT2D eigenvalue weighted by Crippen LogP contribution is -2.53. The van der Waals surface area contributed by atoms with Crippen LogP contribution in [0.25, 0.3) is 0 Å². The molecule has 2 aromatic carbocycles. The molecule has 0 spiro atoms. The molecule has 2 aromatic rings. The fraction of sp³-hybridized carbons (Fsp3) is 0.381. The summed E-state index contributed by atoms with van der Waals surface area (Å²) in [7, 11) is 0. The minimum atomic E-state index is -0.171. The number of carbonyl (C=O) groups is 1. The quantitative estimate of drug-likeness (QED) is 0.834. The molecular formula is C21H24ClN3O3. The van der Waals surface area contributed by atoms with E-state index in [1.54, 1.807) is 0 Å². The number of nitrogens with one attached hydrogen (secondary N) is 1. The van der Waals surface area contributed by atoms with E-state index in [1.807, 2.05) is 43.3 Å². The van der Waals surface area contributed by atoms with Gasteiger partial charge in [0, 0.05) is 43.4 Å². The van der Waals surface area contributed by atoms with Crippen LogP contribution < -0.4 is 19.7 Å². The molecule has 0 aromatic heterocycles. The Hall–Kier alpha value is -2.44. The zero-order chi connectivity index (χ0) is 19.5. The van der Waals surface area contributed by atoms with Crippen molar-refractivity contribution in [2.24, 2.45) is 0 Å². The number of benzene rings is 2. The summed E-state index contributed by atoms with van der Waals surface area (Å²) in [5, 5.41) is 3.78. The summed E-state index contributed by atoms with van der Waals surface area (Å²) < 4.78 is 10.7. The average molecular weight is 402 g/mol. The van der Waals surface area contributed by atoms with E-state index in [4.69, 9.17) is 21.1 Å². The Morgan fingerprint density at radius 3 is 2.68 bits per heavy atom. The Bertz CT molecular complexity index is 853. The lowest BCUT2D eigenvalue weighted by atomic mass is 10.1. The largest absolute Gasteiger partial charge is 0.454 e. The van der Waals surface area contributed by atoms with Crippen molar-refractivity contribution in [3.63, 3.8) is 0 Å². The highest BCUT2D eigenvalue weighted by atomic mass is 35.5. The monoisotopic (exact) mass is 401 g/mol. The smallest absolute Gasteiger partial charge is 0.237 e. The molecule has 1 saturated heterocycles. The van der Waals surface area contributed by atoms with Crippen molar-refractivity contribution >= 4 is 23.2 Å². The van der Waals surface area contributed by atoms with Gasteiger partial charge in [-0.25, -0.2) is 0 Å². The summed E-state index contributed by atoms with van der Waals surface area (Å²) in [6.07, 6.45) is 0. The standard InChI is InChI=1S/C21H24ClN3O3/c1-15(21(26)23-13-16-5-6-19-20(11-16)28-14-27-19)24-7-9-25(10-8-24)18-4-2-3-17(22)12-18/h2-6,11-12,15H,7-10,13-14H2,1H3,(H,23,26)/t15-/m0/s1. The van der Waals surface area contributed by atoms with Crippen molar-refractivity contribution in [3.8, 4) is 11.5 Å². The molecule has 1 N–H and O–H groups in total. The first kappa shape index (κ1) is 18.9. The van der Waals surface area contributed by atoms with Gasteiger partial charge in [-0.05, 0) is 42.8 Å². The van der Waals surface area contributed by atoms with Crippen LogP contribution in [0.2, 0.25) is 5.02 Å². The minimum Gasteiger partial charge on any atom is -0.454 e.